The smallest absolute Gasteiger partial charge is 0.273 e. The van der Waals surface area contributed by atoms with E-state index in [4.69, 9.17) is 4.52 Å². The summed E-state index contributed by atoms with van der Waals surface area (Å²) in [7, 11) is 3.38. The number of amides is 2. The monoisotopic (exact) mass is 420 g/mol. The summed E-state index contributed by atoms with van der Waals surface area (Å²) < 4.78 is 32.2. The number of nitrogens with one attached hydrogen (secondary N) is 1. The molecule has 0 saturated carbocycles. The Balaban J connectivity index is 1.75. The summed E-state index contributed by atoms with van der Waals surface area (Å²) in [6.45, 7) is 5.44. The van der Waals surface area contributed by atoms with Crippen molar-refractivity contribution in [1.82, 2.24) is 20.3 Å². The van der Waals surface area contributed by atoms with Gasteiger partial charge < -0.3 is 14.7 Å². The first kappa shape index (κ1) is 21.9. The van der Waals surface area contributed by atoms with Gasteiger partial charge in [-0.05, 0) is 32.4 Å². The molecule has 3 rings (SSSR count). The fraction of sp³-hybridized carbons (Fsp3) is 0.476. The van der Waals surface area contributed by atoms with Gasteiger partial charge in [0.15, 0.2) is 11.5 Å². The van der Waals surface area contributed by atoms with E-state index in [1.807, 2.05) is 0 Å². The lowest BCUT2D eigenvalue weighted by Gasteiger charge is -2.40. The van der Waals surface area contributed by atoms with Crippen LogP contribution in [-0.2, 0) is 4.79 Å². The molecule has 1 N–H and O–H groups in total. The van der Waals surface area contributed by atoms with E-state index in [1.165, 1.54) is 17.0 Å². The van der Waals surface area contributed by atoms with Crippen molar-refractivity contribution in [3.8, 4) is 11.3 Å². The van der Waals surface area contributed by atoms with Crippen LogP contribution in [-0.4, -0.2) is 66.0 Å². The van der Waals surface area contributed by atoms with E-state index in [9.17, 15) is 18.4 Å². The number of carbonyl (C=O) groups excluding carboxylic acids is 2. The van der Waals surface area contributed by atoms with Crippen molar-refractivity contribution < 1.29 is 22.9 Å². The van der Waals surface area contributed by atoms with E-state index in [2.05, 4.69) is 29.2 Å². The van der Waals surface area contributed by atoms with Gasteiger partial charge in [0, 0.05) is 51.4 Å². The van der Waals surface area contributed by atoms with E-state index in [-0.39, 0.29) is 34.9 Å². The Kier molecular flexibility index (Phi) is 6.50. The lowest BCUT2D eigenvalue weighted by Crippen LogP contribution is -2.56. The molecule has 9 heteroatoms. The third-order valence-corrected chi connectivity index (χ3v) is 5.39. The largest absolute Gasteiger partial charge is 0.355 e. The van der Waals surface area contributed by atoms with E-state index < -0.39 is 17.5 Å². The summed E-state index contributed by atoms with van der Waals surface area (Å²) in [5.41, 5.74) is -0.0232. The van der Waals surface area contributed by atoms with Gasteiger partial charge in [0.05, 0.1) is 11.5 Å². The van der Waals surface area contributed by atoms with Crippen LogP contribution < -0.4 is 5.32 Å². The highest BCUT2D eigenvalue weighted by Gasteiger charge is 2.37. The average molecular weight is 420 g/mol. The number of halogens is 2. The van der Waals surface area contributed by atoms with Crippen molar-refractivity contribution in [2.24, 2.45) is 5.92 Å². The van der Waals surface area contributed by atoms with Gasteiger partial charge in [-0.3, -0.25) is 14.5 Å². The van der Waals surface area contributed by atoms with E-state index in [1.54, 1.807) is 14.1 Å². The molecule has 30 heavy (non-hydrogen) atoms. The van der Waals surface area contributed by atoms with Crippen LogP contribution in [0.3, 0.4) is 0 Å². The van der Waals surface area contributed by atoms with Gasteiger partial charge in [-0.1, -0.05) is 5.16 Å². The Hall–Kier alpha value is -2.81. The molecule has 1 fully saturated rings. The average Bonchev–Trinajstić information content (AvgIpc) is 3.17. The Morgan fingerprint density at radius 3 is 2.63 bits per heavy atom. The molecule has 1 aromatic heterocycles. The second-order valence-corrected chi connectivity index (χ2v) is 8.00. The zero-order valence-electron chi connectivity index (χ0n) is 17.5. The summed E-state index contributed by atoms with van der Waals surface area (Å²) in [6.07, 6.45) is 0.617. The van der Waals surface area contributed by atoms with Crippen molar-refractivity contribution in [3.63, 3.8) is 0 Å². The molecule has 162 valence electrons. The van der Waals surface area contributed by atoms with E-state index >= 15 is 0 Å². The molecule has 1 saturated heterocycles. The van der Waals surface area contributed by atoms with Crippen molar-refractivity contribution in [1.29, 1.82) is 0 Å². The van der Waals surface area contributed by atoms with Gasteiger partial charge in [-0.25, -0.2) is 8.78 Å². The fourth-order valence-corrected chi connectivity index (χ4v) is 3.64. The van der Waals surface area contributed by atoms with Gasteiger partial charge in [0.2, 0.25) is 5.91 Å². The molecule has 1 aliphatic heterocycles. The number of benzene rings is 1. The molecular weight excluding hydrogens is 394 g/mol. The summed E-state index contributed by atoms with van der Waals surface area (Å²) in [5.74, 6) is -2.45. The van der Waals surface area contributed by atoms with Crippen LogP contribution in [0, 0.1) is 17.6 Å². The van der Waals surface area contributed by atoms with Crippen LogP contribution in [0.25, 0.3) is 11.3 Å². The number of likely N-dealkylation sites (tertiary alicyclic amines) is 1. The van der Waals surface area contributed by atoms with Gasteiger partial charge in [-0.15, -0.1) is 0 Å². The van der Waals surface area contributed by atoms with Gasteiger partial charge in [0.1, 0.15) is 11.6 Å². The highest BCUT2D eigenvalue weighted by atomic mass is 19.1. The molecular formula is C21H26F2N4O3. The second kappa shape index (κ2) is 8.91. The van der Waals surface area contributed by atoms with Crippen LogP contribution in [0.1, 0.15) is 30.8 Å². The maximum absolute atomic E-state index is 14.0. The Bertz CT molecular complexity index is 929. The molecule has 2 heterocycles. The third-order valence-electron chi connectivity index (χ3n) is 5.39. The first-order chi connectivity index (χ1) is 14.2. The molecule has 0 radical (unpaired) electrons. The third kappa shape index (κ3) is 4.67. The van der Waals surface area contributed by atoms with Crippen LogP contribution in [0.4, 0.5) is 8.78 Å². The first-order valence-corrected chi connectivity index (χ1v) is 9.85. The zero-order valence-corrected chi connectivity index (χ0v) is 17.5. The molecule has 1 aromatic carbocycles. The number of hydrogen-bond donors (Lipinski definition) is 1. The first-order valence-electron chi connectivity index (χ1n) is 9.85. The van der Waals surface area contributed by atoms with Gasteiger partial charge in [0.25, 0.3) is 5.91 Å². The van der Waals surface area contributed by atoms with Gasteiger partial charge in [-0.2, -0.15) is 0 Å². The number of aromatic nitrogens is 1. The fourth-order valence-electron chi connectivity index (χ4n) is 3.64. The summed E-state index contributed by atoms with van der Waals surface area (Å²) in [4.78, 5) is 29.1. The summed E-state index contributed by atoms with van der Waals surface area (Å²) >= 11 is 0. The number of hydrogen-bond acceptors (Lipinski definition) is 5. The molecule has 2 aromatic rings. The molecule has 0 spiro atoms. The summed E-state index contributed by atoms with van der Waals surface area (Å²) in [5, 5.41) is 6.60. The maximum Gasteiger partial charge on any atom is 0.273 e. The van der Waals surface area contributed by atoms with Crippen molar-refractivity contribution in [2.45, 2.75) is 32.4 Å². The number of rotatable bonds is 5. The lowest BCUT2D eigenvalue weighted by molar-refractivity contribution is -0.135. The molecule has 2 unspecified atom stereocenters. The van der Waals surface area contributed by atoms with E-state index in [0.29, 0.717) is 19.0 Å². The van der Waals surface area contributed by atoms with Crippen LogP contribution >= 0.6 is 0 Å². The predicted octanol–water partition coefficient (Wildman–Crippen LogP) is 2.54. The Morgan fingerprint density at radius 2 is 2.00 bits per heavy atom. The van der Waals surface area contributed by atoms with Crippen LogP contribution in [0.5, 0.6) is 0 Å². The number of piperidine rings is 1. The minimum absolute atomic E-state index is 0.00820. The Morgan fingerprint density at radius 1 is 1.27 bits per heavy atom. The standard InChI is InChI=1S/C21H26F2N4O3/c1-12(2)27-8-7-17(15(11-27)21(29)26(3)4)24-20(28)18-10-19(30-25-18)14-6-5-13(22)9-16(14)23/h5-6,9-10,12,15,17H,7-8,11H2,1-4H3,(H,24,28). The summed E-state index contributed by atoms with van der Waals surface area (Å²) in [6, 6.07) is 4.30. The molecule has 2 amide bonds. The maximum atomic E-state index is 14.0. The van der Waals surface area contributed by atoms with Crippen LogP contribution in [0.15, 0.2) is 28.8 Å². The SMILES string of the molecule is CC(C)N1CCC(NC(=O)c2cc(-c3ccc(F)cc3F)on2)C(C(=O)N(C)C)C1. The molecule has 0 aliphatic carbocycles. The van der Waals surface area contributed by atoms with Crippen LogP contribution in [0.2, 0.25) is 0 Å². The topological polar surface area (TPSA) is 78.7 Å². The molecule has 1 aliphatic rings. The van der Waals surface area contributed by atoms with Crippen molar-refractivity contribution in [3.05, 3.63) is 41.6 Å². The predicted molar refractivity (Wildman–Crippen MR) is 107 cm³/mol. The quantitative estimate of drug-likeness (QED) is 0.804. The highest BCUT2D eigenvalue weighted by molar-refractivity contribution is 5.94. The second-order valence-electron chi connectivity index (χ2n) is 8.00. The molecule has 0 bridgehead atoms. The minimum Gasteiger partial charge on any atom is -0.355 e. The molecule has 2 atom stereocenters. The molecule has 7 nitrogen and oxygen atoms in total. The van der Waals surface area contributed by atoms with Gasteiger partial charge >= 0.3 is 0 Å². The number of nitrogens with zero attached hydrogens (tertiary/aromatic N) is 3. The zero-order chi connectivity index (χ0) is 22.0. The normalized spacial score (nSPS) is 19.7. The minimum atomic E-state index is -0.809. The van der Waals surface area contributed by atoms with E-state index in [0.717, 1.165) is 18.7 Å². The Labute approximate surface area is 174 Å². The van der Waals surface area contributed by atoms with Crippen molar-refractivity contribution in [2.75, 3.05) is 27.2 Å². The number of carbonyl (C=O) groups is 2. The van der Waals surface area contributed by atoms with Crippen molar-refractivity contribution >= 4 is 11.8 Å². The lowest BCUT2D eigenvalue weighted by atomic mass is 9.90. The highest BCUT2D eigenvalue weighted by Crippen LogP contribution is 2.25.